The maximum atomic E-state index is 12.6. The van der Waals surface area contributed by atoms with E-state index in [1.54, 1.807) is 10.9 Å². The van der Waals surface area contributed by atoms with Gasteiger partial charge in [0.1, 0.15) is 16.9 Å². The Morgan fingerprint density at radius 2 is 2.23 bits per heavy atom. The number of hydrogen-bond acceptors (Lipinski definition) is 12. The summed E-state index contributed by atoms with van der Waals surface area (Å²) in [6.45, 7) is 0.0482. The van der Waals surface area contributed by atoms with Gasteiger partial charge in [0.15, 0.2) is 9.47 Å². The van der Waals surface area contributed by atoms with E-state index in [1.807, 2.05) is 0 Å². The molecule has 2 amide bonds. The van der Waals surface area contributed by atoms with Gasteiger partial charge in [0.05, 0.1) is 18.1 Å². The van der Waals surface area contributed by atoms with Crippen LogP contribution in [0.4, 0.5) is 5.13 Å². The Morgan fingerprint density at radius 1 is 1.43 bits per heavy atom. The summed E-state index contributed by atoms with van der Waals surface area (Å²) in [5.41, 5.74) is 6.50. The number of nitrogen functional groups attached to an aromatic ring is 1. The quantitative estimate of drug-likeness (QED) is 0.221. The van der Waals surface area contributed by atoms with Crippen molar-refractivity contribution < 1.29 is 49.0 Å². The van der Waals surface area contributed by atoms with E-state index in [4.69, 9.17) is 5.73 Å². The molecule has 0 saturated carbocycles. The first-order valence-corrected chi connectivity index (χ1v) is 12.2. The number of nitrogens with zero attached hydrogens (tertiary/aromatic N) is 4. The fourth-order valence-corrected chi connectivity index (χ4v) is 7.02. The first kappa shape index (κ1) is 23.8. The molecule has 2 aliphatic rings. The molecule has 2 saturated heterocycles. The summed E-state index contributed by atoms with van der Waals surface area (Å²) in [7, 11) is 0. The van der Waals surface area contributed by atoms with Crippen LogP contribution < -0.4 is 45.7 Å². The van der Waals surface area contributed by atoms with Crippen LogP contribution in [0.25, 0.3) is 0 Å². The largest absolute Gasteiger partial charge is 1.00 e. The second-order valence-electron chi connectivity index (χ2n) is 6.63. The van der Waals surface area contributed by atoms with Crippen molar-refractivity contribution in [1.82, 2.24) is 25.4 Å². The number of fused-ring (bicyclic) bond motifs is 1. The second-order valence-corrected chi connectivity index (χ2v) is 10.7. The molecule has 2 aromatic rings. The summed E-state index contributed by atoms with van der Waals surface area (Å²) in [6, 6.07) is -0.668. The number of nitrogens with one attached hydrogen (secondary N) is 1. The SMILES string of the molecule is Nc1nc(CC(=O)NC2C(=O)N3CC(CSc4nncs4)(C(=O)[O-])CS[C@H]23)cs1.[Na+]. The van der Waals surface area contributed by atoms with Crippen molar-refractivity contribution in [3.05, 3.63) is 16.6 Å². The first-order chi connectivity index (χ1) is 13.9. The molecular weight excluding hydrogens is 479 g/mol. The number of hydrogen-bond donors (Lipinski definition) is 2. The van der Waals surface area contributed by atoms with Gasteiger partial charge < -0.3 is 25.9 Å². The maximum Gasteiger partial charge on any atom is 1.00 e. The Balaban J connectivity index is 0.00000256. The number of carboxylic acid groups (broad SMARTS) is 1. The van der Waals surface area contributed by atoms with Crippen LogP contribution in [0.1, 0.15) is 5.69 Å². The fraction of sp³-hybridized carbons (Fsp3) is 0.467. The van der Waals surface area contributed by atoms with Gasteiger partial charge >= 0.3 is 29.6 Å². The van der Waals surface area contributed by atoms with Crippen molar-refractivity contribution in [3.63, 3.8) is 0 Å². The van der Waals surface area contributed by atoms with Gasteiger partial charge in [-0.25, -0.2) is 4.98 Å². The number of β-lactam (4-membered cyclic amide) rings is 1. The van der Waals surface area contributed by atoms with Gasteiger partial charge in [-0.1, -0.05) is 23.1 Å². The van der Waals surface area contributed by atoms with Crippen molar-refractivity contribution in [2.24, 2.45) is 5.41 Å². The van der Waals surface area contributed by atoms with Crippen LogP contribution in [0.2, 0.25) is 0 Å². The van der Waals surface area contributed by atoms with Gasteiger partial charge in [0, 0.05) is 28.8 Å². The van der Waals surface area contributed by atoms with Crippen LogP contribution in [0.5, 0.6) is 0 Å². The molecule has 30 heavy (non-hydrogen) atoms. The number of aromatic nitrogens is 3. The molecule has 4 rings (SSSR count). The Morgan fingerprint density at radius 3 is 2.87 bits per heavy atom. The molecule has 4 heterocycles. The summed E-state index contributed by atoms with van der Waals surface area (Å²) in [5, 5.41) is 24.0. The number of aliphatic carboxylic acids is 1. The summed E-state index contributed by atoms with van der Waals surface area (Å²) in [6.07, 6.45) is 0.0380. The minimum absolute atomic E-state index is 0. The van der Waals surface area contributed by atoms with Crippen molar-refractivity contribution in [2.75, 3.05) is 23.8 Å². The maximum absolute atomic E-state index is 12.6. The normalized spacial score (nSPS) is 25.1. The predicted octanol–water partition coefficient (Wildman–Crippen LogP) is -3.95. The topological polar surface area (TPSA) is 154 Å². The molecule has 0 radical (unpaired) electrons. The molecule has 154 valence electrons. The molecule has 2 aromatic heterocycles. The standard InChI is InChI=1S/C15H16N6O4S4.Na/c16-13-18-7(2-26-13)1-8(22)19-9-10(23)21-3-15(12(24)25,4-27-11(9)21)5-28-14-20-17-6-29-14;/h2,6,9,11H,1,3-5H2,(H2,16,18)(H,19,22)(H,24,25);/q;+1/p-1/t9?,11-,15?;/m1./s1. The number of thiazole rings is 1. The molecule has 2 fully saturated rings. The Bertz CT molecular complexity index is 943. The van der Waals surface area contributed by atoms with E-state index in [2.05, 4.69) is 20.5 Å². The van der Waals surface area contributed by atoms with E-state index in [0.717, 1.165) is 0 Å². The van der Waals surface area contributed by atoms with Gasteiger partial charge in [-0.05, 0) is 0 Å². The molecule has 15 heteroatoms. The zero-order chi connectivity index (χ0) is 20.6. The molecule has 2 aliphatic heterocycles. The molecule has 0 bridgehead atoms. The summed E-state index contributed by atoms with van der Waals surface area (Å²) < 4.78 is 0.667. The molecule has 2 unspecified atom stereocenters. The molecular formula is C15H15N6NaO4S4. The Hall–Kier alpha value is -0.900. The number of amides is 2. The van der Waals surface area contributed by atoms with Crippen LogP contribution in [-0.2, 0) is 20.8 Å². The van der Waals surface area contributed by atoms with Gasteiger partial charge in [0.2, 0.25) is 11.8 Å². The molecule has 3 atom stereocenters. The van der Waals surface area contributed by atoms with E-state index in [-0.39, 0.29) is 71.2 Å². The molecule has 10 nitrogen and oxygen atoms in total. The third kappa shape index (κ3) is 4.79. The Kier molecular flexibility index (Phi) is 7.69. The number of rotatable bonds is 7. The van der Waals surface area contributed by atoms with Gasteiger partial charge in [0.25, 0.3) is 0 Å². The van der Waals surface area contributed by atoms with E-state index in [9.17, 15) is 19.5 Å². The molecule has 0 spiro atoms. The van der Waals surface area contributed by atoms with Gasteiger partial charge in [-0.3, -0.25) is 9.59 Å². The molecule has 0 aromatic carbocycles. The van der Waals surface area contributed by atoms with E-state index < -0.39 is 17.4 Å². The number of carboxylic acids is 1. The number of nitrogens with two attached hydrogens (primary N) is 1. The van der Waals surface area contributed by atoms with Crippen LogP contribution in [0, 0.1) is 5.41 Å². The van der Waals surface area contributed by atoms with Crippen LogP contribution in [-0.4, -0.2) is 67.3 Å². The van der Waals surface area contributed by atoms with Crippen LogP contribution in [0.3, 0.4) is 0 Å². The minimum atomic E-state index is -1.19. The van der Waals surface area contributed by atoms with E-state index in [1.165, 1.54) is 51.1 Å². The molecule has 0 aliphatic carbocycles. The van der Waals surface area contributed by atoms with E-state index in [0.29, 0.717) is 15.2 Å². The zero-order valence-corrected chi connectivity index (χ0v) is 21.0. The smallest absolute Gasteiger partial charge is 0.549 e. The number of carbonyl (C=O) groups excluding carboxylic acids is 3. The molecule has 3 N–H and O–H groups in total. The first-order valence-electron chi connectivity index (χ1n) is 8.40. The second kappa shape index (κ2) is 9.71. The third-order valence-corrected chi connectivity index (χ3v) is 9.08. The summed E-state index contributed by atoms with van der Waals surface area (Å²) in [4.78, 5) is 42.2. The van der Waals surface area contributed by atoms with Crippen molar-refractivity contribution >= 4 is 69.1 Å². The zero-order valence-electron chi connectivity index (χ0n) is 15.8. The predicted molar refractivity (Wildman–Crippen MR) is 108 cm³/mol. The van der Waals surface area contributed by atoms with Crippen molar-refractivity contribution in [1.29, 1.82) is 0 Å². The average Bonchev–Trinajstić information content (AvgIpc) is 3.35. The summed E-state index contributed by atoms with van der Waals surface area (Å²) in [5.74, 6) is -1.29. The summed E-state index contributed by atoms with van der Waals surface area (Å²) >= 11 is 5.20. The number of thioether (sulfide) groups is 2. The van der Waals surface area contributed by atoms with Gasteiger partial charge in [-0.2, -0.15) is 0 Å². The van der Waals surface area contributed by atoms with Crippen molar-refractivity contribution in [2.45, 2.75) is 22.2 Å². The number of anilines is 1. The van der Waals surface area contributed by atoms with Gasteiger partial charge in [-0.15, -0.1) is 33.3 Å². The average molecular weight is 495 g/mol. The Labute approximate surface area is 210 Å². The van der Waals surface area contributed by atoms with Crippen LogP contribution in [0.15, 0.2) is 15.2 Å². The van der Waals surface area contributed by atoms with Crippen molar-refractivity contribution in [3.8, 4) is 0 Å². The third-order valence-electron chi connectivity index (χ3n) is 4.62. The monoisotopic (exact) mass is 494 g/mol. The van der Waals surface area contributed by atoms with Crippen LogP contribution >= 0.6 is 46.2 Å². The number of carbonyl (C=O) groups is 3. The minimum Gasteiger partial charge on any atom is -0.549 e. The van der Waals surface area contributed by atoms with E-state index >= 15 is 0 Å². The fourth-order valence-electron chi connectivity index (χ4n) is 3.12.